The van der Waals surface area contributed by atoms with E-state index in [1.165, 1.54) is 48.4 Å². The number of sulfone groups is 1. The number of nitrogens with two attached hydrogens (primary N) is 2. The Morgan fingerprint density at radius 2 is 2.05 bits per heavy atom. The fourth-order valence-corrected chi connectivity index (χ4v) is 4.89. The molecule has 0 aliphatic heterocycles. The van der Waals surface area contributed by atoms with Gasteiger partial charge in [0.1, 0.15) is 22.7 Å². The molecule has 5 N–H and O–H groups in total. The summed E-state index contributed by atoms with van der Waals surface area (Å²) < 4.78 is 55.2. The average Bonchev–Trinajstić information content (AvgIpc) is 3.76. The van der Waals surface area contributed by atoms with Gasteiger partial charge in [-0.2, -0.15) is 0 Å². The molecule has 1 fully saturated rings. The van der Waals surface area contributed by atoms with Crippen molar-refractivity contribution in [2.24, 2.45) is 22.5 Å². The molecule has 2 aromatic rings. The van der Waals surface area contributed by atoms with Crippen LogP contribution in [-0.2, 0) is 9.84 Å². The lowest BCUT2D eigenvalue weighted by molar-refractivity contribution is 0.0952. The van der Waals surface area contributed by atoms with Gasteiger partial charge in [0.05, 0.1) is 18.7 Å². The number of thioether (sulfide) groups is 1. The van der Waals surface area contributed by atoms with Crippen molar-refractivity contribution in [3.8, 4) is 28.7 Å². The Balaban J connectivity index is 1.99. The second kappa shape index (κ2) is 14.6. The number of benzene rings is 1. The summed E-state index contributed by atoms with van der Waals surface area (Å²) in [5.74, 6) is 12.0. The second-order valence-electron chi connectivity index (χ2n) is 9.71. The topological polar surface area (TPSA) is 153 Å². The third-order valence-corrected chi connectivity index (χ3v) is 7.77. The highest BCUT2D eigenvalue weighted by Gasteiger charge is 2.23. The summed E-state index contributed by atoms with van der Waals surface area (Å²) in [6, 6.07) is 5.84. The zero-order valence-corrected chi connectivity index (χ0v) is 25.3. The summed E-state index contributed by atoms with van der Waals surface area (Å²) >= 11 is 1.36. The minimum absolute atomic E-state index is 0.172. The lowest BCUT2D eigenvalue weighted by atomic mass is 9.95. The number of pyridine rings is 1. The quantitative estimate of drug-likeness (QED) is 0.107. The van der Waals surface area contributed by atoms with Crippen molar-refractivity contribution in [2.45, 2.75) is 36.9 Å². The predicted octanol–water partition coefficient (Wildman–Crippen LogP) is 3.42. The highest BCUT2D eigenvalue weighted by Crippen LogP contribution is 2.36. The first-order valence-corrected chi connectivity index (χ1v) is 15.8. The van der Waals surface area contributed by atoms with Gasteiger partial charge in [0.25, 0.3) is 12.3 Å². The van der Waals surface area contributed by atoms with E-state index in [1.54, 1.807) is 26.1 Å². The third-order valence-electron chi connectivity index (χ3n) is 5.91. The van der Waals surface area contributed by atoms with Crippen molar-refractivity contribution in [1.29, 1.82) is 0 Å². The van der Waals surface area contributed by atoms with Crippen molar-refractivity contribution in [1.82, 2.24) is 15.3 Å². The van der Waals surface area contributed by atoms with Crippen LogP contribution in [0, 0.1) is 17.8 Å². The second-order valence-corrected chi connectivity index (χ2v) is 13.2. The van der Waals surface area contributed by atoms with Crippen LogP contribution in [0.3, 0.4) is 0 Å². The number of nitrogens with zero attached hydrogens (tertiary/aromatic N) is 3. The van der Waals surface area contributed by atoms with Crippen molar-refractivity contribution in [3.05, 3.63) is 53.4 Å². The van der Waals surface area contributed by atoms with Crippen LogP contribution in [-0.4, -0.2) is 67.6 Å². The van der Waals surface area contributed by atoms with Gasteiger partial charge in [-0.05, 0) is 55.2 Å². The monoisotopic (exact) mass is 620 g/mol. The predicted molar refractivity (Wildman–Crippen MR) is 162 cm³/mol. The molecule has 2 atom stereocenters. The van der Waals surface area contributed by atoms with Crippen molar-refractivity contribution in [2.75, 3.05) is 26.3 Å². The van der Waals surface area contributed by atoms with Crippen molar-refractivity contribution < 1.29 is 26.7 Å². The van der Waals surface area contributed by atoms with E-state index in [9.17, 15) is 22.0 Å². The molecule has 1 saturated carbocycles. The summed E-state index contributed by atoms with van der Waals surface area (Å²) in [7, 11) is -0.239. The molecule has 14 heteroatoms. The fraction of sp³-hybridized carbons (Fsp3) is 0.393. The van der Waals surface area contributed by atoms with Crippen LogP contribution in [0.25, 0.3) is 16.8 Å². The largest absolute Gasteiger partial charge is 0.494 e. The fourth-order valence-electron chi connectivity index (χ4n) is 3.64. The van der Waals surface area contributed by atoms with E-state index in [4.69, 9.17) is 16.3 Å². The number of hydrogen-bond acceptors (Lipinski definition) is 10. The third kappa shape index (κ3) is 9.80. The van der Waals surface area contributed by atoms with E-state index in [2.05, 4.69) is 27.1 Å². The molecule has 10 nitrogen and oxygen atoms in total. The number of amides is 1. The number of halogens is 2. The minimum atomic E-state index is -3.30. The number of alkyl halides is 2. The van der Waals surface area contributed by atoms with Gasteiger partial charge in [-0.3, -0.25) is 20.6 Å². The van der Waals surface area contributed by atoms with Gasteiger partial charge in [-0.15, -0.1) is 11.8 Å². The van der Waals surface area contributed by atoms with Crippen LogP contribution in [0.4, 0.5) is 8.78 Å². The first-order valence-electron chi connectivity index (χ1n) is 12.8. The maximum atomic E-state index is 13.6. The van der Waals surface area contributed by atoms with E-state index in [1.807, 2.05) is 0 Å². The number of methoxy groups -OCH3 is 1. The SMILES string of the molecule is COc1cnc(C(F)F)cc1-c1cc(/C(N)=C/C=N/CS(C)(=O)=O)ccc1C(=O)NC(C)SC(C#CC1CC1)N(C)N. The Morgan fingerprint density at radius 1 is 1.33 bits per heavy atom. The van der Waals surface area contributed by atoms with Gasteiger partial charge in [0, 0.05) is 42.3 Å². The zero-order valence-electron chi connectivity index (χ0n) is 23.7. The van der Waals surface area contributed by atoms with E-state index in [0.29, 0.717) is 11.5 Å². The maximum Gasteiger partial charge on any atom is 0.280 e. The number of hydrogen-bond donors (Lipinski definition) is 3. The summed E-state index contributed by atoms with van der Waals surface area (Å²) in [6.45, 7) is 1.80. The van der Waals surface area contributed by atoms with Gasteiger partial charge in [-0.25, -0.2) is 22.2 Å². The molecule has 0 saturated heterocycles. The van der Waals surface area contributed by atoms with Crippen LogP contribution in [0.2, 0.25) is 0 Å². The number of rotatable bonds is 12. The molecular formula is C28H34F2N6O4S2. The van der Waals surface area contributed by atoms with Gasteiger partial charge >= 0.3 is 0 Å². The van der Waals surface area contributed by atoms with Crippen LogP contribution in [0.15, 0.2) is 41.5 Å². The number of carbonyl (C=O) groups excluding carboxylic acids is 1. The zero-order chi connectivity index (χ0) is 31.0. The van der Waals surface area contributed by atoms with Gasteiger partial charge in [0.15, 0.2) is 9.84 Å². The Bertz CT molecular complexity index is 1520. The standard InChI is InChI=1S/C28H34F2N6O4S2/c1-17(41-26(36(2)32)10-7-18-5-6-18)35-28(37)20-9-8-19(23(31)11-12-33-16-42(4,38)39)13-21(20)22-14-24(27(29)30)34-15-25(22)40-3/h8-9,11-15,17-18,26-27H,5-6,16,31-32H2,1-4H3,(H,35,37)/b23-11-,33-12+. The molecule has 0 bridgehead atoms. The molecule has 1 aromatic heterocycles. The number of hydrazine groups is 1. The minimum Gasteiger partial charge on any atom is -0.494 e. The number of allylic oxidation sites excluding steroid dienone is 1. The summed E-state index contributed by atoms with van der Waals surface area (Å²) in [5, 5.41) is 3.63. The summed E-state index contributed by atoms with van der Waals surface area (Å²) in [5.41, 5.74) is 7.02. The molecule has 1 amide bonds. The number of carbonyl (C=O) groups is 1. The van der Waals surface area contributed by atoms with Crippen LogP contribution < -0.4 is 21.6 Å². The van der Waals surface area contributed by atoms with E-state index in [-0.39, 0.29) is 33.5 Å². The normalized spacial score (nSPS) is 15.4. The Labute approximate surface area is 248 Å². The highest BCUT2D eigenvalue weighted by molar-refractivity contribution is 8.00. The molecule has 1 heterocycles. The van der Waals surface area contributed by atoms with Gasteiger partial charge in [-0.1, -0.05) is 17.9 Å². The van der Waals surface area contributed by atoms with Crippen LogP contribution in [0.1, 0.15) is 47.8 Å². The van der Waals surface area contributed by atoms with Crippen molar-refractivity contribution >= 4 is 39.4 Å². The number of nitrogens with one attached hydrogen (secondary N) is 1. The number of ether oxygens (including phenoxy) is 1. The van der Waals surface area contributed by atoms with Crippen molar-refractivity contribution in [3.63, 3.8) is 0 Å². The average molecular weight is 621 g/mol. The molecule has 1 aliphatic carbocycles. The summed E-state index contributed by atoms with van der Waals surface area (Å²) in [4.78, 5) is 21.1. The van der Waals surface area contributed by atoms with E-state index >= 15 is 0 Å². The molecule has 0 spiro atoms. The molecule has 1 aliphatic rings. The Morgan fingerprint density at radius 3 is 2.64 bits per heavy atom. The Hall–Kier alpha value is -3.51. The maximum absolute atomic E-state index is 13.6. The lowest BCUT2D eigenvalue weighted by Crippen LogP contribution is -2.39. The molecule has 2 unspecified atom stereocenters. The smallest absolute Gasteiger partial charge is 0.280 e. The van der Waals surface area contributed by atoms with Gasteiger partial charge in [0.2, 0.25) is 0 Å². The first kappa shape index (κ1) is 33.0. The first-order chi connectivity index (χ1) is 19.8. The number of aromatic nitrogens is 1. The molecule has 226 valence electrons. The molecule has 3 rings (SSSR count). The molecule has 42 heavy (non-hydrogen) atoms. The van der Waals surface area contributed by atoms with E-state index < -0.39 is 39.1 Å². The van der Waals surface area contributed by atoms with E-state index in [0.717, 1.165) is 25.2 Å². The van der Waals surface area contributed by atoms with Crippen LogP contribution >= 0.6 is 11.8 Å². The molecular weight excluding hydrogens is 586 g/mol. The number of aliphatic imine (C=N–C) groups is 1. The molecule has 0 radical (unpaired) electrons. The summed E-state index contributed by atoms with van der Waals surface area (Å²) in [6.07, 6.45) is 4.17. The van der Waals surface area contributed by atoms with Crippen LogP contribution in [0.5, 0.6) is 5.75 Å². The lowest BCUT2D eigenvalue weighted by Gasteiger charge is -2.23. The molecule has 1 aromatic carbocycles. The highest BCUT2D eigenvalue weighted by atomic mass is 32.2. The van der Waals surface area contributed by atoms with Gasteiger partial charge < -0.3 is 15.8 Å². The Kier molecular flexibility index (Phi) is 11.5.